The van der Waals surface area contributed by atoms with E-state index in [0.717, 1.165) is 12.8 Å². The number of carboxylic acid groups (broad SMARTS) is 1. The maximum Gasteiger partial charge on any atom is 0.336 e. The highest BCUT2D eigenvalue weighted by molar-refractivity contribution is 6.02. The van der Waals surface area contributed by atoms with Crippen molar-refractivity contribution in [2.45, 2.75) is 18.9 Å². The van der Waals surface area contributed by atoms with Crippen LogP contribution in [-0.2, 0) is 4.74 Å². The van der Waals surface area contributed by atoms with Gasteiger partial charge in [-0.1, -0.05) is 0 Å². The predicted molar refractivity (Wildman–Crippen MR) is 73.2 cm³/mol. The minimum atomic E-state index is -0.958. The standard InChI is InChI=1S/C15H15NO4/c17-15(18)12-3-6-16-14-2-1-11(9-13(12)14)20-10-4-7-19-8-5-10/h1-3,6,9-10H,4-5,7-8H2,(H,17,18). The van der Waals surface area contributed by atoms with Crippen molar-refractivity contribution in [3.8, 4) is 5.75 Å². The Morgan fingerprint density at radius 1 is 1.30 bits per heavy atom. The van der Waals surface area contributed by atoms with E-state index in [-0.39, 0.29) is 11.7 Å². The molecule has 0 amide bonds. The number of pyridine rings is 1. The van der Waals surface area contributed by atoms with Crippen LogP contribution >= 0.6 is 0 Å². The SMILES string of the molecule is O=C(O)c1ccnc2ccc(OC3CCOCC3)cc12. The summed E-state index contributed by atoms with van der Waals surface area (Å²) in [6, 6.07) is 6.87. The first-order valence-corrected chi connectivity index (χ1v) is 6.60. The number of fused-ring (bicyclic) bond motifs is 1. The van der Waals surface area contributed by atoms with Crippen LogP contribution in [0.15, 0.2) is 30.5 Å². The first kappa shape index (κ1) is 12.9. The average Bonchev–Trinajstić information content (AvgIpc) is 2.47. The Hall–Kier alpha value is -2.14. The highest BCUT2D eigenvalue weighted by Crippen LogP contribution is 2.25. The predicted octanol–water partition coefficient (Wildman–Crippen LogP) is 2.49. The van der Waals surface area contributed by atoms with Crippen LogP contribution in [-0.4, -0.2) is 35.4 Å². The van der Waals surface area contributed by atoms with Gasteiger partial charge < -0.3 is 14.6 Å². The molecule has 0 atom stereocenters. The van der Waals surface area contributed by atoms with E-state index in [1.165, 1.54) is 12.3 Å². The molecule has 5 nitrogen and oxygen atoms in total. The fraction of sp³-hybridized carbons (Fsp3) is 0.333. The van der Waals surface area contributed by atoms with Crippen molar-refractivity contribution in [3.63, 3.8) is 0 Å². The van der Waals surface area contributed by atoms with Gasteiger partial charge >= 0.3 is 5.97 Å². The number of aromatic carboxylic acids is 1. The lowest BCUT2D eigenvalue weighted by Gasteiger charge is -2.23. The number of benzene rings is 1. The van der Waals surface area contributed by atoms with E-state index in [0.29, 0.717) is 29.9 Å². The molecule has 1 saturated heterocycles. The van der Waals surface area contributed by atoms with Gasteiger partial charge in [-0.05, 0) is 24.3 Å². The lowest BCUT2D eigenvalue weighted by atomic mass is 10.1. The molecule has 5 heteroatoms. The van der Waals surface area contributed by atoms with Crippen molar-refractivity contribution in [3.05, 3.63) is 36.0 Å². The number of aromatic nitrogens is 1. The van der Waals surface area contributed by atoms with Crippen LogP contribution in [0.5, 0.6) is 5.75 Å². The summed E-state index contributed by atoms with van der Waals surface area (Å²) in [7, 11) is 0. The summed E-state index contributed by atoms with van der Waals surface area (Å²) >= 11 is 0. The van der Waals surface area contributed by atoms with Crippen LogP contribution in [0.3, 0.4) is 0 Å². The van der Waals surface area contributed by atoms with Crippen LogP contribution in [0, 0.1) is 0 Å². The number of nitrogens with zero attached hydrogens (tertiary/aromatic N) is 1. The van der Waals surface area contributed by atoms with Crippen LogP contribution in [0.25, 0.3) is 10.9 Å². The van der Waals surface area contributed by atoms with Crippen molar-refractivity contribution < 1.29 is 19.4 Å². The minimum absolute atomic E-state index is 0.131. The molecular weight excluding hydrogens is 258 g/mol. The molecule has 0 bridgehead atoms. The van der Waals surface area contributed by atoms with E-state index < -0.39 is 5.97 Å². The minimum Gasteiger partial charge on any atom is -0.490 e. The number of carbonyl (C=O) groups is 1. The first-order chi connectivity index (χ1) is 9.74. The van der Waals surface area contributed by atoms with Crippen molar-refractivity contribution in [1.29, 1.82) is 0 Å². The maximum absolute atomic E-state index is 11.2. The zero-order valence-electron chi connectivity index (χ0n) is 10.9. The normalized spacial score (nSPS) is 16.2. The van der Waals surface area contributed by atoms with Gasteiger partial charge in [0.1, 0.15) is 11.9 Å². The van der Waals surface area contributed by atoms with Crippen molar-refractivity contribution >= 4 is 16.9 Å². The summed E-state index contributed by atoms with van der Waals surface area (Å²) in [6.45, 7) is 1.42. The molecule has 20 heavy (non-hydrogen) atoms. The summed E-state index contributed by atoms with van der Waals surface area (Å²) in [5.41, 5.74) is 0.900. The molecule has 0 radical (unpaired) electrons. The van der Waals surface area contributed by atoms with Crippen LogP contribution in [0.2, 0.25) is 0 Å². The smallest absolute Gasteiger partial charge is 0.336 e. The molecule has 1 aliphatic heterocycles. The van der Waals surface area contributed by atoms with Gasteiger partial charge in [0.05, 0.1) is 24.3 Å². The van der Waals surface area contributed by atoms with Crippen LogP contribution < -0.4 is 4.74 Å². The second kappa shape index (κ2) is 5.46. The summed E-state index contributed by atoms with van der Waals surface area (Å²) in [6.07, 6.45) is 3.35. The average molecular weight is 273 g/mol. The quantitative estimate of drug-likeness (QED) is 0.930. The second-order valence-electron chi connectivity index (χ2n) is 4.77. The third-order valence-corrected chi connectivity index (χ3v) is 3.41. The van der Waals surface area contributed by atoms with Crippen molar-refractivity contribution in [1.82, 2.24) is 4.98 Å². The summed E-state index contributed by atoms with van der Waals surface area (Å²) < 4.78 is 11.2. The number of hydrogen-bond donors (Lipinski definition) is 1. The van der Waals surface area contributed by atoms with Gasteiger partial charge in [0.15, 0.2) is 0 Å². The Bertz CT molecular complexity index is 635. The highest BCUT2D eigenvalue weighted by Gasteiger charge is 2.16. The van der Waals surface area contributed by atoms with E-state index in [1.54, 1.807) is 12.1 Å². The molecule has 2 heterocycles. The largest absolute Gasteiger partial charge is 0.490 e. The van der Waals surface area contributed by atoms with Gasteiger partial charge in [-0.15, -0.1) is 0 Å². The molecular formula is C15H15NO4. The van der Waals surface area contributed by atoms with Crippen molar-refractivity contribution in [2.24, 2.45) is 0 Å². The van der Waals surface area contributed by atoms with Gasteiger partial charge in [0.2, 0.25) is 0 Å². The van der Waals surface area contributed by atoms with E-state index >= 15 is 0 Å². The Morgan fingerprint density at radius 2 is 2.10 bits per heavy atom. The van der Waals surface area contributed by atoms with Crippen LogP contribution in [0.4, 0.5) is 0 Å². The van der Waals surface area contributed by atoms with E-state index in [9.17, 15) is 9.90 Å². The molecule has 104 valence electrons. The molecule has 0 saturated carbocycles. The lowest BCUT2D eigenvalue weighted by molar-refractivity contribution is 0.0256. The van der Waals surface area contributed by atoms with Gasteiger partial charge in [0, 0.05) is 24.4 Å². The molecule has 1 N–H and O–H groups in total. The van der Waals surface area contributed by atoms with Gasteiger partial charge in [-0.3, -0.25) is 4.98 Å². The van der Waals surface area contributed by atoms with Gasteiger partial charge in [-0.2, -0.15) is 0 Å². The monoisotopic (exact) mass is 273 g/mol. The molecule has 1 fully saturated rings. The second-order valence-corrected chi connectivity index (χ2v) is 4.77. The number of ether oxygens (including phenoxy) is 2. The topological polar surface area (TPSA) is 68.7 Å². The number of hydrogen-bond acceptors (Lipinski definition) is 4. The van der Waals surface area contributed by atoms with Gasteiger partial charge in [-0.25, -0.2) is 4.79 Å². The zero-order chi connectivity index (χ0) is 13.9. The van der Waals surface area contributed by atoms with E-state index in [2.05, 4.69) is 4.98 Å². The summed E-state index contributed by atoms with van der Waals surface area (Å²) in [4.78, 5) is 15.4. The molecule has 0 unspecified atom stereocenters. The Kier molecular flexibility index (Phi) is 3.52. The molecule has 3 rings (SSSR count). The molecule has 1 aromatic carbocycles. The molecule has 1 aromatic heterocycles. The fourth-order valence-corrected chi connectivity index (χ4v) is 2.37. The van der Waals surface area contributed by atoms with Gasteiger partial charge in [0.25, 0.3) is 0 Å². The molecule has 0 aliphatic carbocycles. The van der Waals surface area contributed by atoms with Crippen molar-refractivity contribution in [2.75, 3.05) is 13.2 Å². The molecule has 2 aromatic rings. The fourth-order valence-electron chi connectivity index (χ4n) is 2.37. The Morgan fingerprint density at radius 3 is 2.85 bits per heavy atom. The maximum atomic E-state index is 11.2. The summed E-state index contributed by atoms with van der Waals surface area (Å²) in [5.74, 6) is -0.277. The number of rotatable bonds is 3. The molecule has 1 aliphatic rings. The third kappa shape index (κ3) is 2.58. The lowest BCUT2D eigenvalue weighted by Crippen LogP contribution is -2.25. The summed E-state index contributed by atoms with van der Waals surface area (Å²) in [5, 5.41) is 9.81. The Balaban J connectivity index is 1.92. The zero-order valence-corrected chi connectivity index (χ0v) is 10.9. The Labute approximate surface area is 116 Å². The van der Waals surface area contributed by atoms with E-state index in [1.807, 2.05) is 6.07 Å². The first-order valence-electron chi connectivity index (χ1n) is 6.60. The van der Waals surface area contributed by atoms with E-state index in [4.69, 9.17) is 9.47 Å². The highest BCUT2D eigenvalue weighted by atomic mass is 16.5. The number of carboxylic acids is 1. The molecule has 0 spiro atoms. The third-order valence-electron chi connectivity index (χ3n) is 3.41. The van der Waals surface area contributed by atoms with Crippen LogP contribution in [0.1, 0.15) is 23.2 Å².